The van der Waals surface area contributed by atoms with Crippen LogP contribution in [0.2, 0.25) is 0 Å². The van der Waals surface area contributed by atoms with Crippen LogP contribution in [-0.4, -0.2) is 32.7 Å². The molecule has 0 aliphatic carbocycles. The number of nitrogens with one attached hydrogen (secondary N) is 2. The molecule has 4 nitrogen and oxygen atoms in total. The van der Waals surface area contributed by atoms with E-state index in [1.54, 1.807) is 7.11 Å². The van der Waals surface area contributed by atoms with Gasteiger partial charge < -0.3 is 15.4 Å². The second kappa shape index (κ2) is 9.07. The maximum atomic E-state index is 11.5. The number of methoxy groups -OCH3 is 1. The van der Waals surface area contributed by atoms with Gasteiger partial charge in [-0.25, -0.2) is 0 Å². The molecule has 0 saturated heterocycles. The third-order valence-corrected chi connectivity index (χ3v) is 3.27. The van der Waals surface area contributed by atoms with Crippen molar-refractivity contribution in [1.29, 1.82) is 0 Å². The van der Waals surface area contributed by atoms with Gasteiger partial charge in [-0.3, -0.25) is 4.79 Å². The molecule has 0 heterocycles. The fraction of sp³-hybridized carbons (Fsp3) is 0.500. The van der Waals surface area contributed by atoms with Crippen molar-refractivity contribution >= 4 is 21.8 Å². The lowest BCUT2D eigenvalue weighted by molar-refractivity contribution is -0.121. The summed E-state index contributed by atoms with van der Waals surface area (Å²) in [5.74, 6) is 0.0472. The minimum atomic E-state index is 0.0472. The SMILES string of the molecule is COCCNC(=O)CCNC(C)c1cccc(Br)c1. The number of benzene rings is 1. The maximum Gasteiger partial charge on any atom is 0.221 e. The van der Waals surface area contributed by atoms with Crippen LogP contribution in [0.4, 0.5) is 0 Å². The first-order valence-corrected chi connectivity index (χ1v) is 7.17. The molecule has 5 heteroatoms. The van der Waals surface area contributed by atoms with Crippen LogP contribution in [0.3, 0.4) is 0 Å². The van der Waals surface area contributed by atoms with E-state index in [-0.39, 0.29) is 11.9 Å². The summed E-state index contributed by atoms with van der Waals surface area (Å²) in [5.41, 5.74) is 1.20. The van der Waals surface area contributed by atoms with E-state index in [1.165, 1.54) is 5.56 Å². The molecule has 0 aliphatic heterocycles. The average molecular weight is 329 g/mol. The Bertz CT molecular complexity index is 399. The van der Waals surface area contributed by atoms with Gasteiger partial charge in [-0.05, 0) is 24.6 Å². The van der Waals surface area contributed by atoms with Crippen LogP contribution in [0.5, 0.6) is 0 Å². The van der Waals surface area contributed by atoms with Crippen LogP contribution in [0.1, 0.15) is 24.9 Å². The van der Waals surface area contributed by atoms with Gasteiger partial charge in [0.25, 0.3) is 0 Å². The monoisotopic (exact) mass is 328 g/mol. The van der Waals surface area contributed by atoms with E-state index in [0.717, 1.165) is 4.47 Å². The second-order valence-corrected chi connectivity index (χ2v) is 5.24. The summed E-state index contributed by atoms with van der Waals surface area (Å²) in [6.45, 7) is 3.86. The number of ether oxygens (including phenoxy) is 1. The minimum Gasteiger partial charge on any atom is -0.383 e. The lowest BCUT2D eigenvalue weighted by Gasteiger charge is -2.14. The molecule has 0 aromatic heterocycles. The highest BCUT2D eigenvalue weighted by atomic mass is 79.9. The summed E-state index contributed by atoms with van der Waals surface area (Å²) < 4.78 is 5.93. The molecule has 106 valence electrons. The first-order valence-electron chi connectivity index (χ1n) is 6.38. The van der Waals surface area contributed by atoms with Crippen molar-refractivity contribution in [2.75, 3.05) is 26.8 Å². The third kappa shape index (κ3) is 6.71. The summed E-state index contributed by atoms with van der Waals surface area (Å²) in [4.78, 5) is 11.5. The number of carbonyl (C=O) groups is 1. The Hall–Kier alpha value is -0.910. The number of rotatable bonds is 8. The van der Waals surface area contributed by atoms with E-state index < -0.39 is 0 Å². The molecular weight excluding hydrogens is 308 g/mol. The zero-order chi connectivity index (χ0) is 14.1. The Morgan fingerprint density at radius 1 is 1.42 bits per heavy atom. The maximum absolute atomic E-state index is 11.5. The smallest absolute Gasteiger partial charge is 0.221 e. The van der Waals surface area contributed by atoms with E-state index in [9.17, 15) is 4.79 Å². The average Bonchev–Trinajstić information content (AvgIpc) is 2.39. The Morgan fingerprint density at radius 3 is 2.89 bits per heavy atom. The third-order valence-electron chi connectivity index (χ3n) is 2.78. The number of carbonyl (C=O) groups excluding carboxylic acids is 1. The number of amides is 1. The van der Waals surface area contributed by atoms with E-state index >= 15 is 0 Å². The van der Waals surface area contributed by atoms with Gasteiger partial charge in [-0.1, -0.05) is 28.1 Å². The largest absolute Gasteiger partial charge is 0.383 e. The highest BCUT2D eigenvalue weighted by Gasteiger charge is 2.06. The summed E-state index contributed by atoms with van der Waals surface area (Å²) >= 11 is 3.45. The predicted octanol–water partition coefficient (Wildman–Crippen LogP) is 2.25. The molecule has 1 aromatic carbocycles. The summed E-state index contributed by atoms with van der Waals surface area (Å²) in [6.07, 6.45) is 0.474. The van der Waals surface area contributed by atoms with Crippen LogP contribution in [0, 0.1) is 0 Å². The lowest BCUT2D eigenvalue weighted by atomic mass is 10.1. The first-order chi connectivity index (χ1) is 9.13. The van der Waals surface area contributed by atoms with Crippen LogP contribution in [-0.2, 0) is 9.53 Å². The van der Waals surface area contributed by atoms with Crippen LogP contribution in [0.15, 0.2) is 28.7 Å². The van der Waals surface area contributed by atoms with Gasteiger partial charge in [0.1, 0.15) is 0 Å². The van der Waals surface area contributed by atoms with Gasteiger partial charge in [-0.2, -0.15) is 0 Å². The van der Waals surface area contributed by atoms with Crippen molar-refractivity contribution in [3.63, 3.8) is 0 Å². The number of hydrogen-bond donors (Lipinski definition) is 2. The Labute approximate surface area is 123 Å². The molecule has 0 saturated carbocycles. The zero-order valence-corrected chi connectivity index (χ0v) is 13.0. The van der Waals surface area contributed by atoms with Crippen LogP contribution in [0.25, 0.3) is 0 Å². The molecule has 0 fully saturated rings. The van der Waals surface area contributed by atoms with Crippen molar-refractivity contribution in [3.05, 3.63) is 34.3 Å². The van der Waals surface area contributed by atoms with E-state index in [0.29, 0.717) is 26.1 Å². The Kier molecular flexibility index (Phi) is 7.70. The highest BCUT2D eigenvalue weighted by Crippen LogP contribution is 2.17. The fourth-order valence-corrected chi connectivity index (χ4v) is 2.09. The summed E-state index contributed by atoms with van der Waals surface area (Å²) in [7, 11) is 1.62. The topological polar surface area (TPSA) is 50.4 Å². The Balaban J connectivity index is 2.23. The summed E-state index contributed by atoms with van der Waals surface area (Å²) in [6, 6.07) is 8.38. The van der Waals surface area contributed by atoms with E-state index in [2.05, 4.69) is 45.6 Å². The molecule has 2 N–H and O–H groups in total. The molecule has 1 atom stereocenters. The van der Waals surface area contributed by atoms with Crippen molar-refractivity contribution in [1.82, 2.24) is 10.6 Å². The van der Waals surface area contributed by atoms with Gasteiger partial charge in [0.05, 0.1) is 6.61 Å². The number of hydrogen-bond acceptors (Lipinski definition) is 3. The van der Waals surface area contributed by atoms with Gasteiger partial charge in [0.15, 0.2) is 0 Å². The molecule has 19 heavy (non-hydrogen) atoms. The zero-order valence-electron chi connectivity index (χ0n) is 11.4. The van der Waals surface area contributed by atoms with Crippen molar-refractivity contribution in [2.45, 2.75) is 19.4 Å². The number of halogens is 1. The van der Waals surface area contributed by atoms with Gasteiger partial charge >= 0.3 is 0 Å². The summed E-state index contributed by atoms with van der Waals surface area (Å²) in [5, 5.41) is 6.13. The van der Waals surface area contributed by atoms with Crippen molar-refractivity contribution in [2.24, 2.45) is 0 Å². The standard InChI is InChI=1S/C14H21BrN2O2/c1-11(12-4-3-5-13(15)10-12)16-7-6-14(18)17-8-9-19-2/h3-5,10-11,16H,6-9H2,1-2H3,(H,17,18). The quantitative estimate of drug-likeness (QED) is 0.719. The minimum absolute atomic E-state index is 0.0472. The normalized spacial score (nSPS) is 12.2. The molecule has 1 amide bonds. The van der Waals surface area contributed by atoms with Crippen molar-refractivity contribution < 1.29 is 9.53 Å². The van der Waals surface area contributed by atoms with Gasteiger partial charge in [-0.15, -0.1) is 0 Å². The lowest BCUT2D eigenvalue weighted by Crippen LogP contribution is -2.30. The van der Waals surface area contributed by atoms with Crippen molar-refractivity contribution in [3.8, 4) is 0 Å². The Morgan fingerprint density at radius 2 is 2.21 bits per heavy atom. The molecular formula is C14H21BrN2O2. The second-order valence-electron chi connectivity index (χ2n) is 4.32. The van der Waals surface area contributed by atoms with Crippen LogP contribution < -0.4 is 10.6 Å². The molecule has 1 unspecified atom stereocenters. The molecule has 1 rings (SSSR count). The molecule has 1 aromatic rings. The first kappa shape index (κ1) is 16.1. The van der Waals surface area contributed by atoms with E-state index in [1.807, 2.05) is 12.1 Å². The molecule has 0 radical (unpaired) electrons. The van der Waals surface area contributed by atoms with Crippen LogP contribution >= 0.6 is 15.9 Å². The molecule has 0 spiro atoms. The van der Waals surface area contributed by atoms with E-state index in [4.69, 9.17) is 4.74 Å². The van der Waals surface area contributed by atoms with Gasteiger partial charge in [0.2, 0.25) is 5.91 Å². The van der Waals surface area contributed by atoms with Gasteiger partial charge in [0, 0.05) is 37.1 Å². The highest BCUT2D eigenvalue weighted by molar-refractivity contribution is 9.10. The fourth-order valence-electron chi connectivity index (χ4n) is 1.68. The predicted molar refractivity (Wildman–Crippen MR) is 80.1 cm³/mol. The molecule has 0 bridgehead atoms. The molecule has 0 aliphatic rings.